The van der Waals surface area contributed by atoms with Crippen LogP contribution in [0, 0.1) is 11.3 Å². The number of rotatable bonds is 7. The van der Waals surface area contributed by atoms with Gasteiger partial charge in [0.1, 0.15) is 18.5 Å². The second-order valence-electron chi connectivity index (χ2n) is 5.80. The Balaban J connectivity index is 1.37. The van der Waals surface area contributed by atoms with Crippen molar-refractivity contribution in [2.75, 3.05) is 26.2 Å². The summed E-state index contributed by atoms with van der Waals surface area (Å²) < 4.78 is 7.55. The van der Waals surface area contributed by atoms with Gasteiger partial charge in [0.15, 0.2) is 0 Å². The van der Waals surface area contributed by atoms with Crippen LogP contribution in [0.4, 0.5) is 0 Å². The molecule has 1 saturated heterocycles. The number of nitriles is 1. The van der Waals surface area contributed by atoms with Crippen LogP contribution in [-0.2, 0) is 6.42 Å². The molecule has 1 aliphatic heterocycles. The van der Waals surface area contributed by atoms with E-state index in [1.807, 2.05) is 41.2 Å². The summed E-state index contributed by atoms with van der Waals surface area (Å²) >= 11 is 0. The molecule has 2 heterocycles. The van der Waals surface area contributed by atoms with Crippen LogP contribution in [0.5, 0.6) is 5.75 Å². The Morgan fingerprint density at radius 1 is 1.35 bits per heavy atom. The van der Waals surface area contributed by atoms with Gasteiger partial charge in [-0.25, -0.2) is 0 Å². The first kappa shape index (κ1) is 15.5. The first-order valence-electron chi connectivity index (χ1n) is 7.73. The fourth-order valence-electron chi connectivity index (χ4n) is 2.69. The van der Waals surface area contributed by atoms with E-state index in [4.69, 9.17) is 10.00 Å². The molecule has 6 heteroatoms. The predicted octanol–water partition coefficient (Wildman–Crippen LogP) is 1.25. The molecule has 1 unspecified atom stereocenters. The highest BCUT2D eigenvalue weighted by molar-refractivity contribution is 5.28. The van der Waals surface area contributed by atoms with Crippen LogP contribution >= 0.6 is 0 Å². The Morgan fingerprint density at radius 3 is 2.78 bits per heavy atom. The van der Waals surface area contributed by atoms with Gasteiger partial charge in [0.05, 0.1) is 18.5 Å². The fraction of sp³-hybridized carbons (Fsp3) is 0.412. The van der Waals surface area contributed by atoms with Gasteiger partial charge in [-0.15, -0.1) is 0 Å². The van der Waals surface area contributed by atoms with Crippen molar-refractivity contribution in [1.82, 2.24) is 14.7 Å². The molecule has 2 aromatic rings. The summed E-state index contributed by atoms with van der Waals surface area (Å²) in [6.07, 6.45) is 3.63. The molecule has 1 aromatic carbocycles. The third-order valence-corrected chi connectivity index (χ3v) is 3.95. The van der Waals surface area contributed by atoms with Crippen LogP contribution in [0.25, 0.3) is 0 Å². The van der Waals surface area contributed by atoms with Crippen LogP contribution in [0.2, 0.25) is 0 Å². The van der Waals surface area contributed by atoms with Gasteiger partial charge in [-0.05, 0) is 23.8 Å². The molecule has 1 N–H and O–H groups in total. The van der Waals surface area contributed by atoms with Crippen molar-refractivity contribution in [2.24, 2.45) is 0 Å². The van der Waals surface area contributed by atoms with Gasteiger partial charge in [0.2, 0.25) is 0 Å². The molecule has 0 radical (unpaired) electrons. The van der Waals surface area contributed by atoms with Crippen molar-refractivity contribution in [3.8, 4) is 11.8 Å². The number of hydrogen-bond acceptors (Lipinski definition) is 5. The minimum Gasteiger partial charge on any atom is -0.491 e. The minimum absolute atomic E-state index is 0.264. The van der Waals surface area contributed by atoms with E-state index in [1.165, 1.54) is 0 Å². The zero-order valence-electron chi connectivity index (χ0n) is 12.9. The highest BCUT2D eigenvalue weighted by atomic mass is 16.5. The van der Waals surface area contributed by atoms with Crippen LogP contribution < -0.4 is 4.74 Å². The number of hydrogen-bond donors (Lipinski definition) is 1. The standard InChI is InChI=1S/C17H20N4O2/c18-7-6-14-2-4-17(5-3-14)23-13-16(22)12-20-10-15(11-20)21-9-1-8-19-21/h1-5,8-9,15-16,22H,6,10-13H2. The Bertz CT molecular complexity index is 642. The monoisotopic (exact) mass is 312 g/mol. The maximum Gasteiger partial charge on any atom is 0.119 e. The van der Waals surface area contributed by atoms with Crippen molar-refractivity contribution < 1.29 is 9.84 Å². The van der Waals surface area contributed by atoms with E-state index in [0.29, 0.717) is 24.8 Å². The molecule has 1 atom stereocenters. The zero-order chi connectivity index (χ0) is 16.1. The van der Waals surface area contributed by atoms with Crippen LogP contribution in [0.15, 0.2) is 42.7 Å². The van der Waals surface area contributed by atoms with Crippen molar-refractivity contribution >= 4 is 0 Å². The van der Waals surface area contributed by atoms with Gasteiger partial charge in [-0.1, -0.05) is 12.1 Å². The average Bonchev–Trinajstić information content (AvgIpc) is 3.04. The average molecular weight is 312 g/mol. The maximum atomic E-state index is 10.1. The molecule has 1 fully saturated rings. The number of benzene rings is 1. The van der Waals surface area contributed by atoms with Gasteiger partial charge >= 0.3 is 0 Å². The number of likely N-dealkylation sites (tertiary alicyclic amines) is 1. The Labute approximate surface area is 135 Å². The molecular weight excluding hydrogens is 292 g/mol. The lowest BCUT2D eigenvalue weighted by molar-refractivity contribution is 0.0205. The van der Waals surface area contributed by atoms with E-state index < -0.39 is 6.10 Å². The van der Waals surface area contributed by atoms with Gasteiger partial charge in [-0.3, -0.25) is 9.58 Å². The topological polar surface area (TPSA) is 74.3 Å². The molecule has 120 valence electrons. The molecule has 1 aliphatic rings. The highest BCUT2D eigenvalue weighted by Gasteiger charge is 2.29. The van der Waals surface area contributed by atoms with Crippen LogP contribution in [0.1, 0.15) is 11.6 Å². The van der Waals surface area contributed by atoms with Crippen molar-refractivity contribution in [2.45, 2.75) is 18.6 Å². The quantitative estimate of drug-likeness (QED) is 0.833. The largest absolute Gasteiger partial charge is 0.491 e. The third-order valence-electron chi connectivity index (χ3n) is 3.95. The van der Waals surface area contributed by atoms with Gasteiger partial charge in [0, 0.05) is 32.0 Å². The fourth-order valence-corrected chi connectivity index (χ4v) is 2.69. The van der Waals surface area contributed by atoms with Crippen molar-refractivity contribution in [1.29, 1.82) is 5.26 Å². The molecule has 0 spiro atoms. The molecule has 0 saturated carbocycles. The van der Waals surface area contributed by atoms with Crippen LogP contribution in [-0.4, -0.2) is 52.1 Å². The lowest BCUT2D eigenvalue weighted by atomic mass is 10.1. The maximum absolute atomic E-state index is 10.1. The predicted molar refractivity (Wildman–Crippen MR) is 85.0 cm³/mol. The Hall–Kier alpha value is -2.36. The summed E-state index contributed by atoms with van der Waals surface area (Å²) in [5, 5.41) is 22.9. The number of aliphatic hydroxyl groups excluding tert-OH is 1. The molecule has 1 aromatic heterocycles. The molecule has 0 aliphatic carbocycles. The number of ether oxygens (including phenoxy) is 1. The van der Waals surface area contributed by atoms with E-state index >= 15 is 0 Å². The number of β-amino-alcohol motifs (C(OH)–C–C–N with tert-alkyl or cyclic N) is 1. The van der Waals surface area contributed by atoms with E-state index in [0.717, 1.165) is 18.7 Å². The second kappa shape index (κ2) is 7.27. The SMILES string of the molecule is N#CCc1ccc(OCC(O)CN2CC(n3cccn3)C2)cc1. The Kier molecular flexibility index (Phi) is 4.91. The summed E-state index contributed by atoms with van der Waals surface area (Å²) in [5.41, 5.74) is 0.964. The smallest absolute Gasteiger partial charge is 0.119 e. The van der Waals surface area contributed by atoms with E-state index in [2.05, 4.69) is 16.1 Å². The molecule has 0 amide bonds. The molecular formula is C17H20N4O2. The first-order chi connectivity index (χ1) is 11.2. The first-order valence-corrected chi connectivity index (χ1v) is 7.73. The summed E-state index contributed by atoms with van der Waals surface area (Å²) in [5.74, 6) is 0.712. The van der Waals surface area contributed by atoms with Gasteiger partial charge < -0.3 is 9.84 Å². The van der Waals surface area contributed by atoms with Gasteiger partial charge in [-0.2, -0.15) is 10.4 Å². The lowest BCUT2D eigenvalue weighted by Crippen LogP contribution is -2.51. The lowest BCUT2D eigenvalue weighted by Gasteiger charge is -2.40. The number of aliphatic hydroxyl groups is 1. The van der Waals surface area contributed by atoms with E-state index in [-0.39, 0.29) is 6.61 Å². The number of aromatic nitrogens is 2. The van der Waals surface area contributed by atoms with E-state index in [1.54, 1.807) is 6.20 Å². The van der Waals surface area contributed by atoms with Crippen molar-refractivity contribution in [3.05, 3.63) is 48.3 Å². The zero-order valence-corrected chi connectivity index (χ0v) is 12.9. The van der Waals surface area contributed by atoms with Crippen molar-refractivity contribution in [3.63, 3.8) is 0 Å². The summed E-state index contributed by atoms with van der Waals surface area (Å²) in [6, 6.07) is 11.8. The summed E-state index contributed by atoms with van der Waals surface area (Å²) in [7, 11) is 0. The summed E-state index contributed by atoms with van der Waals surface area (Å²) in [6.45, 7) is 2.67. The number of nitrogens with zero attached hydrogens (tertiary/aromatic N) is 4. The Morgan fingerprint density at radius 2 is 2.13 bits per heavy atom. The summed E-state index contributed by atoms with van der Waals surface area (Å²) in [4.78, 5) is 2.19. The normalized spacial score (nSPS) is 16.5. The molecule has 3 rings (SSSR count). The second-order valence-corrected chi connectivity index (χ2v) is 5.80. The molecule has 23 heavy (non-hydrogen) atoms. The van der Waals surface area contributed by atoms with E-state index in [9.17, 15) is 5.11 Å². The van der Waals surface area contributed by atoms with Gasteiger partial charge in [0.25, 0.3) is 0 Å². The minimum atomic E-state index is -0.521. The molecule has 6 nitrogen and oxygen atoms in total. The third kappa shape index (κ3) is 4.09. The highest BCUT2D eigenvalue weighted by Crippen LogP contribution is 2.20. The van der Waals surface area contributed by atoms with Crippen LogP contribution in [0.3, 0.4) is 0 Å². The molecule has 0 bridgehead atoms.